The van der Waals surface area contributed by atoms with Crippen LogP contribution in [0.5, 0.6) is 0 Å². The van der Waals surface area contributed by atoms with Crippen molar-refractivity contribution in [2.75, 3.05) is 31.2 Å². The summed E-state index contributed by atoms with van der Waals surface area (Å²) in [4.78, 5) is 25.7. The number of nitriles is 2. The molecule has 0 unspecified atom stereocenters. The molecule has 0 bridgehead atoms. The first-order valence-corrected chi connectivity index (χ1v) is 11.3. The average Bonchev–Trinajstić information content (AvgIpc) is 3.15. The zero-order valence-corrected chi connectivity index (χ0v) is 20.6. The molecule has 0 saturated heterocycles. The van der Waals surface area contributed by atoms with Crippen molar-refractivity contribution in [3.8, 4) is 12.1 Å². The molecule has 0 N–H and O–H groups in total. The lowest BCUT2D eigenvalue weighted by Gasteiger charge is -2.24. The van der Waals surface area contributed by atoms with Crippen molar-refractivity contribution < 1.29 is 19.1 Å². The highest BCUT2D eigenvalue weighted by molar-refractivity contribution is 7.16. The first kappa shape index (κ1) is 27.0. The van der Waals surface area contributed by atoms with Crippen molar-refractivity contribution in [1.82, 2.24) is 0 Å². The predicted octanol–water partition coefficient (Wildman–Crippen LogP) is 5.26. The Morgan fingerprint density at radius 1 is 0.971 bits per heavy atom. The van der Waals surface area contributed by atoms with Crippen LogP contribution in [0.4, 0.5) is 16.4 Å². The Labute approximate surface area is 208 Å². The molecule has 0 saturated carbocycles. The second kappa shape index (κ2) is 12.8. The van der Waals surface area contributed by atoms with Gasteiger partial charge in [0.15, 0.2) is 5.00 Å². The predicted molar refractivity (Wildman–Crippen MR) is 133 cm³/mol. The third kappa shape index (κ3) is 7.63. The van der Waals surface area contributed by atoms with Crippen LogP contribution in [-0.2, 0) is 19.1 Å². The summed E-state index contributed by atoms with van der Waals surface area (Å²) < 4.78 is 10.4. The normalized spacial score (nSPS) is 10.3. The Morgan fingerprint density at radius 2 is 1.51 bits per heavy atom. The summed E-state index contributed by atoms with van der Waals surface area (Å²) >= 11 is 1.12. The fourth-order valence-electron chi connectivity index (χ4n) is 2.75. The van der Waals surface area contributed by atoms with Gasteiger partial charge in [0.1, 0.15) is 30.2 Å². The fourth-order valence-corrected chi connectivity index (χ4v) is 3.63. The van der Waals surface area contributed by atoms with Gasteiger partial charge < -0.3 is 14.4 Å². The molecule has 0 amide bonds. The first-order valence-electron chi connectivity index (χ1n) is 10.5. The van der Waals surface area contributed by atoms with Gasteiger partial charge in [0.2, 0.25) is 0 Å². The molecule has 0 radical (unpaired) electrons. The van der Waals surface area contributed by atoms with E-state index in [9.17, 15) is 14.9 Å². The number of hydrogen-bond acceptors (Lipinski definition) is 10. The SMILES string of the molecule is C=C(C)C(=O)OCCN(CCOC(=O)C(=C)C)c1ccc(N=Nc2sc(C#N)c(C)c2C#N)cc1. The molecule has 0 spiro atoms. The molecule has 0 atom stereocenters. The lowest BCUT2D eigenvalue weighted by Crippen LogP contribution is -2.32. The van der Waals surface area contributed by atoms with Gasteiger partial charge in [0, 0.05) is 16.8 Å². The molecule has 1 aromatic carbocycles. The number of anilines is 1. The van der Waals surface area contributed by atoms with Gasteiger partial charge in [-0.2, -0.15) is 10.5 Å². The van der Waals surface area contributed by atoms with Crippen molar-refractivity contribution >= 4 is 39.7 Å². The standard InChI is InChI=1S/C25H25N5O4S/c1-16(2)24(31)33-12-10-30(11-13-34-25(32)17(3)4)20-8-6-19(7-9-20)28-29-23-21(14-26)18(5)22(15-27)35-23/h6-9H,1,3,10-13H2,2,4-5H3. The molecule has 35 heavy (non-hydrogen) atoms. The second-order valence-electron chi connectivity index (χ2n) is 7.50. The summed E-state index contributed by atoms with van der Waals surface area (Å²) in [5, 5.41) is 27.2. The minimum absolute atomic E-state index is 0.122. The number of carbonyl (C=O) groups excluding carboxylic acids is 2. The molecule has 2 aromatic rings. The molecular weight excluding hydrogens is 466 g/mol. The Morgan fingerprint density at radius 3 is 1.97 bits per heavy atom. The number of rotatable bonds is 11. The molecule has 10 heteroatoms. The van der Waals surface area contributed by atoms with Gasteiger partial charge in [0.25, 0.3) is 0 Å². The molecular formula is C25H25N5O4S. The highest BCUT2D eigenvalue weighted by Gasteiger charge is 2.15. The third-order valence-electron chi connectivity index (χ3n) is 4.70. The lowest BCUT2D eigenvalue weighted by molar-refractivity contribution is -0.139. The van der Waals surface area contributed by atoms with E-state index in [2.05, 4.69) is 35.5 Å². The number of ether oxygens (including phenoxy) is 2. The molecule has 0 aliphatic rings. The van der Waals surface area contributed by atoms with E-state index in [0.29, 0.717) is 50.9 Å². The van der Waals surface area contributed by atoms with Gasteiger partial charge in [-0.25, -0.2) is 9.59 Å². The van der Waals surface area contributed by atoms with Crippen LogP contribution in [0.15, 0.2) is 58.8 Å². The quantitative estimate of drug-likeness (QED) is 0.238. The molecule has 9 nitrogen and oxygen atoms in total. The molecule has 0 aliphatic heterocycles. The number of hydrogen-bond donors (Lipinski definition) is 0. The van der Waals surface area contributed by atoms with Gasteiger partial charge in [-0.3, -0.25) is 0 Å². The number of nitrogens with zero attached hydrogens (tertiary/aromatic N) is 5. The topological polar surface area (TPSA) is 128 Å². The van der Waals surface area contributed by atoms with Crippen molar-refractivity contribution in [2.45, 2.75) is 20.8 Å². The number of thiophene rings is 1. The Kier molecular flexibility index (Phi) is 9.88. The summed E-state index contributed by atoms with van der Waals surface area (Å²) in [7, 11) is 0. The molecule has 2 rings (SSSR count). The van der Waals surface area contributed by atoms with E-state index in [-0.39, 0.29) is 13.2 Å². The van der Waals surface area contributed by atoms with Crippen LogP contribution in [0.3, 0.4) is 0 Å². The maximum Gasteiger partial charge on any atom is 0.333 e. The van der Waals surface area contributed by atoms with Gasteiger partial charge in [-0.15, -0.1) is 21.6 Å². The summed E-state index contributed by atoms with van der Waals surface area (Å²) in [6, 6.07) is 11.2. The van der Waals surface area contributed by atoms with Crippen molar-refractivity contribution in [1.29, 1.82) is 10.5 Å². The maximum atomic E-state index is 11.7. The fraction of sp³-hybridized carbons (Fsp3) is 0.280. The largest absolute Gasteiger partial charge is 0.460 e. The van der Waals surface area contributed by atoms with Gasteiger partial charge in [-0.05, 0) is 50.6 Å². The summed E-state index contributed by atoms with van der Waals surface area (Å²) in [5.74, 6) is -0.955. The summed E-state index contributed by atoms with van der Waals surface area (Å²) in [5.41, 5.74) is 2.89. The zero-order valence-electron chi connectivity index (χ0n) is 19.8. The molecule has 0 aliphatic carbocycles. The molecule has 0 fully saturated rings. The Bertz CT molecular complexity index is 1200. The van der Waals surface area contributed by atoms with Crippen LogP contribution in [0.1, 0.15) is 29.9 Å². The van der Waals surface area contributed by atoms with Crippen molar-refractivity contribution in [3.63, 3.8) is 0 Å². The maximum absolute atomic E-state index is 11.7. The van der Waals surface area contributed by atoms with E-state index in [0.717, 1.165) is 17.0 Å². The minimum atomic E-state index is -0.477. The minimum Gasteiger partial charge on any atom is -0.460 e. The second-order valence-corrected chi connectivity index (χ2v) is 8.49. The van der Waals surface area contributed by atoms with E-state index >= 15 is 0 Å². The smallest absolute Gasteiger partial charge is 0.333 e. The Hall–Kier alpha value is -4.28. The molecule has 180 valence electrons. The van der Waals surface area contributed by atoms with E-state index in [1.165, 1.54) is 0 Å². The van der Waals surface area contributed by atoms with Gasteiger partial charge >= 0.3 is 11.9 Å². The first-order chi connectivity index (χ1) is 16.7. The number of esters is 2. The van der Waals surface area contributed by atoms with Crippen LogP contribution >= 0.6 is 11.3 Å². The number of azo groups is 1. The number of benzene rings is 1. The van der Waals surface area contributed by atoms with Crippen LogP contribution in [0.2, 0.25) is 0 Å². The number of carbonyl (C=O) groups is 2. The third-order valence-corrected chi connectivity index (χ3v) is 5.78. The lowest BCUT2D eigenvalue weighted by atomic mass is 10.2. The average molecular weight is 492 g/mol. The molecule has 1 heterocycles. The van der Waals surface area contributed by atoms with E-state index in [1.807, 2.05) is 4.90 Å². The molecule has 1 aromatic heterocycles. The van der Waals surface area contributed by atoms with E-state index < -0.39 is 11.9 Å². The van der Waals surface area contributed by atoms with Gasteiger partial charge in [0.05, 0.1) is 24.3 Å². The van der Waals surface area contributed by atoms with Gasteiger partial charge in [-0.1, -0.05) is 13.2 Å². The van der Waals surface area contributed by atoms with Crippen LogP contribution in [0.25, 0.3) is 0 Å². The van der Waals surface area contributed by atoms with Crippen LogP contribution in [-0.4, -0.2) is 38.2 Å². The Balaban J connectivity index is 2.14. The van der Waals surface area contributed by atoms with Crippen molar-refractivity contribution in [3.05, 3.63) is 64.6 Å². The van der Waals surface area contributed by atoms with E-state index in [4.69, 9.17) is 14.7 Å². The van der Waals surface area contributed by atoms with Crippen LogP contribution < -0.4 is 4.90 Å². The van der Waals surface area contributed by atoms with Crippen molar-refractivity contribution in [2.24, 2.45) is 10.2 Å². The highest BCUT2D eigenvalue weighted by Crippen LogP contribution is 2.35. The van der Waals surface area contributed by atoms with Crippen LogP contribution in [0, 0.1) is 29.6 Å². The summed E-state index contributed by atoms with van der Waals surface area (Å²) in [6.45, 7) is 12.9. The summed E-state index contributed by atoms with van der Waals surface area (Å²) in [6.07, 6.45) is 0. The zero-order chi connectivity index (χ0) is 26.0. The van der Waals surface area contributed by atoms with E-state index in [1.54, 1.807) is 45.0 Å². The monoisotopic (exact) mass is 491 g/mol. The highest BCUT2D eigenvalue weighted by atomic mass is 32.1.